The van der Waals surface area contributed by atoms with Crippen LogP contribution in [0.25, 0.3) is 0 Å². The lowest BCUT2D eigenvalue weighted by Crippen LogP contribution is -2.08. The maximum atomic E-state index is 2.35. The minimum Gasteiger partial charge on any atom is -0.0654 e. The highest BCUT2D eigenvalue weighted by atomic mass is 14.2. The van der Waals surface area contributed by atoms with Crippen molar-refractivity contribution in [3.8, 4) is 0 Å². The summed E-state index contributed by atoms with van der Waals surface area (Å²) in [5, 5.41) is 0. The van der Waals surface area contributed by atoms with E-state index in [1.165, 1.54) is 24.0 Å². The normalized spacial score (nSPS) is 14.1. The maximum Gasteiger partial charge on any atom is -0.00958 e. The van der Waals surface area contributed by atoms with E-state index in [4.69, 9.17) is 0 Å². The van der Waals surface area contributed by atoms with Crippen molar-refractivity contribution in [3.05, 3.63) is 71.8 Å². The lowest BCUT2D eigenvalue weighted by atomic mass is 9.80. The Morgan fingerprint density at radius 2 is 1.28 bits per heavy atom. The molecule has 0 bridgehead atoms. The van der Waals surface area contributed by atoms with Gasteiger partial charge < -0.3 is 0 Å². The minimum atomic E-state index is 0.577. The monoisotopic (exact) mass is 238 g/mol. The van der Waals surface area contributed by atoms with E-state index in [1.807, 2.05) is 0 Å². The van der Waals surface area contributed by atoms with Gasteiger partial charge in [0.05, 0.1) is 0 Å². The molecule has 2 atom stereocenters. The first kappa shape index (κ1) is 12.9. The lowest BCUT2D eigenvalue weighted by Gasteiger charge is -2.24. The molecule has 0 fully saturated rings. The second-order valence-electron chi connectivity index (χ2n) is 5.01. The average molecular weight is 238 g/mol. The molecule has 18 heavy (non-hydrogen) atoms. The summed E-state index contributed by atoms with van der Waals surface area (Å²) < 4.78 is 0. The quantitative estimate of drug-likeness (QED) is 0.656. The molecule has 0 aliphatic carbocycles. The zero-order chi connectivity index (χ0) is 12.8. The van der Waals surface area contributed by atoms with E-state index < -0.39 is 0 Å². The molecule has 0 radical (unpaired) electrons. The predicted octanol–water partition coefficient (Wildman–Crippen LogP) is 5.37. The smallest absolute Gasteiger partial charge is 0.00958 e. The highest BCUT2D eigenvalue weighted by Crippen LogP contribution is 2.35. The summed E-state index contributed by atoms with van der Waals surface area (Å²) in [6.45, 7) is 4.62. The molecule has 0 heteroatoms. The molecule has 0 spiro atoms. The van der Waals surface area contributed by atoms with Crippen LogP contribution in [-0.4, -0.2) is 0 Å². The van der Waals surface area contributed by atoms with Gasteiger partial charge in [-0.15, -0.1) is 0 Å². The van der Waals surface area contributed by atoms with Crippen molar-refractivity contribution < 1.29 is 0 Å². The van der Waals surface area contributed by atoms with Crippen molar-refractivity contribution in [1.82, 2.24) is 0 Å². The first-order valence-corrected chi connectivity index (χ1v) is 6.92. The van der Waals surface area contributed by atoms with Crippen LogP contribution in [-0.2, 0) is 0 Å². The van der Waals surface area contributed by atoms with Crippen molar-refractivity contribution in [2.24, 2.45) is 0 Å². The minimum absolute atomic E-state index is 0.577. The molecule has 2 unspecified atom stereocenters. The fourth-order valence-corrected chi connectivity index (χ4v) is 2.71. The predicted molar refractivity (Wildman–Crippen MR) is 78.9 cm³/mol. The molecule has 0 aliphatic heterocycles. The van der Waals surface area contributed by atoms with Gasteiger partial charge in [-0.25, -0.2) is 0 Å². The van der Waals surface area contributed by atoms with Crippen molar-refractivity contribution in [1.29, 1.82) is 0 Å². The van der Waals surface area contributed by atoms with Gasteiger partial charge in [-0.2, -0.15) is 0 Å². The Balaban J connectivity index is 2.26. The van der Waals surface area contributed by atoms with Gasteiger partial charge >= 0.3 is 0 Å². The molecule has 2 aromatic rings. The molecule has 0 aromatic heterocycles. The van der Waals surface area contributed by atoms with Gasteiger partial charge in [-0.3, -0.25) is 0 Å². The summed E-state index contributed by atoms with van der Waals surface area (Å²) in [4.78, 5) is 0. The highest BCUT2D eigenvalue weighted by molar-refractivity contribution is 5.27. The van der Waals surface area contributed by atoms with Crippen molar-refractivity contribution >= 4 is 0 Å². The fourth-order valence-electron chi connectivity index (χ4n) is 2.71. The van der Waals surface area contributed by atoms with Gasteiger partial charge in [0.25, 0.3) is 0 Å². The molecule has 94 valence electrons. The van der Waals surface area contributed by atoms with Crippen molar-refractivity contribution in [2.45, 2.75) is 38.5 Å². The molecule has 0 aliphatic rings. The standard InChI is InChI=1S/C18H22/c1-3-10-18(17-13-8-5-9-14-17)15(2)16-11-6-4-7-12-16/h4-9,11-15,18H,3,10H2,1-2H3. The van der Waals surface area contributed by atoms with E-state index in [9.17, 15) is 0 Å². The van der Waals surface area contributed by atoms with Crippen LogP contribution in [0.3, 0.4) is 0 Å². The van der Waals surface area contributed by atoms with Crippen LogP contribution in [0.4, 0.5) is 0 Å². The average Bonchev–Trinajstić information content (AvgIpc) is 2.46. The largest absolute Gasteiger partial charge is 0.0654 e. The summed E-state index contributed by atoms with van der Waals surface area (Å²) in [5.74, 6) is 1.20. The Hall–Kier alpha value is -1.56. The number of rotatable bonds is 5. The Bertz CT molecular complexity index is 444. The topological polar surface area (TPSA) is 0 Å². The number of benzene rings is 2. The highest BCUT2D eigenvalue weighted by Gasteiger charge is 2.19. The molecule has 2 aromatic carbocycles. The number of hydrogen-bond donors (Lipinski definition) is 0. The first-order valence-electron chi connectivity index (χ1n) is 6.92. The van der Waals surface area contributed by atoms with Gasteiger partial charge in [0, 0.05) is 0 Å². The van der Waals surface area contributed by atoms with E-state index in [2.05, 4.69) is 74.5 Å². The van der Waals surface area contributed by atoms with E-state index in [0.29, 0.717) is 11.8 Å². The fraction of sp³-hybridized carbons (Fsp3) is 0.333. The van der Waals surface area contributed by atoms with Crippen LogP contribution >= 0.6 is 0 Å². The van der Waals surface area contributed by atoms with E-state index in [1.54, 1.807) is 0 Å². The van der Waals surface area contributed by atoms with Crippen LogP contribution < -0.4 is 0 Å². The summed E-state index contributed by atoms with van der Waals surface area (Å²) in [6, 6.07) is 21.8. The molecule has 0 amide bonds. The SMILES string of the molecule is CCCC(c1ccccc1)C(C)c1ccccc1. The zero-order valence-electron chi connectivity index (χ0n) is 11.3. The summed E-state index contributed by atoms with van der Waals surface area (Å²) in [6.07, 6.45) is 2.48. The Kier molecular flexibility index (Phi) is 4.58. The van der Waals surface area contributed by atoms with Gasteiger partial charge in [0.15, 0.2) is 0 Å². The zero-order valence-corrected chi connectivity index (χ0v) is 11.3. The molecule has 0 saturated carbocycles. The second-order valence-corrected chi connectivity index (χ2v) is 5.01. The van der Waals surface area contributed by atoms with Gasteiger partial charge in [0.1, 0.15) is 0 Å². The molecular weight excluding hydrogens is 216 g/mol. The van der Waals surface area contributed by atoms with Crippen LogP contribution in [0.2, 0.25) is 0 Å². The van der Waals surface area contributed by atoms with E-state index >= 15 is 0 Å². The Morgan fingerprint density at radius 3 is 1.78 bits per heavy atom. The van der Waals surface area contributed by atoms with Crippen LogP contribution in [0.5, 0.6) is 0 Å². The molecule has 0 N–H and O–H groups in total. The van der Waals surface area contributed by atoms with Crippen molar-refractivity contribution in [3.63, 3.8) is 0 Å². The molecule has 0 heterocycles. The molecular formula is C18H22. The van der Waals surface area contributed by atoms with Crippen LogP contribution in [0.1, 0.15) is 49.7 Å². The molecule has 0 saturated heterocycles. The third-order valence-electron chi connectivity index (χ3n) is 3.76. The van der Waals surface area contributed by atoms with Gasteiger partial charge in [0.2, 0.25) is 0 Å². The third-order valence-corrected chi connectivity index (χ3v) is 3.76. The summed E-state index contributed by atoms with van der Waals surface area (Å²) in [5.41, 5.74) is 2.91. The molecule has 2 rings (SSSR count). The van der Waals surface area contributed by atoms with Gasteiger partial charge in [-0.1, -0.05) is 80.9 Å². The van der Waals surface area contributed by atoms with E-state index in [0.717, 1.165) is 0 Å². The maximum absolute atomic E-state index is 2.35. The number of hydrogen-bond acceptors (Lipinski definition) is 0. The Morgan fingerprint density at radius 1 is 0.778 bits per heavy atom. The van der Waals surface area contributed by atoms with Crippen molar-refractivity contribution in [2.75, 3.05) is 0 Å². The summed E-state index contributed by atoms with van der Waals surface area (Å²) >= 11 is 0. The second kappa shape index (κ2) is 6.39. The first-order chi connectivity index (χ1) is 8.83. The Labute approximate surface area is 111 Å². The third kappa shape index (κ3) is 3.01. The lowest BCUT2D eigenvalue weighted by molar-refractivity contribution is 0.528. The molecule has 0 nitrogen and oxygen atoms in total. The van der Waals surface area contributed by atoms with E-state index in [-0.39, 0.29) is 0 Å². The summed E-state index contributed by atoms with van der Waals surface area (Å²) in [7, 11) is 0. The van der Waals surface area contributed by atoms with Crippen LogP contribution in [0.15, 0.2) is 60.7 Å². The van der Waals surface area contributed by atoms with Crippen LogP contribution in [0, 0.1) is 0 Å². The van der Waals surface area contributed by atoms with Gasteiger partial charge in [-0.05, 0) is 29.4 Å².